The van der Waals surface area contributed by atoms with E-state index in [4.69, 9.17) is 10.5 Å². The van der Waals surface area contributed by atoms with Gasteiger partial charge in [-0.05, 0) is 31.7 Å². The fourth-order valence-corrected chi connectivity index (χ4v) is 1.88. The summed E-state index contributed by atoms with van der Waals surface area (Å²) in [7, 11) is 3.54. The van der Waals surface area contributed by atoms with Crippen molar-refractivity contribution in [3.8, 4) is 0 Å². The minimum atomic E-state index is -4.31. The predicted molar refractivity (Wildman–Crippen MR) is 72.3 cm³/mol. The second-order valence-electron chi connectivity index (χ2n) is 4.97. The van der Waals surface area contributed by atoms with Crippen molar-refractivity contribution in [3.63, 3.8) is 0 Å². The van der Waals surface area contributed by atoms with Crippen LogP contribution in [0.25, 0.3) is 0 Å². The molecule has 0 aliphatic heterocycles. The van der Waals surface area contributed by atoms with Gasteiger partial charge in [0.1, 0.15) is 0 Å². The van der Waals surface area contributed by atoms with Crippen LogP contribution in [-0.4, -0.2) is 38.3 Å². The van der Waals surface area contributed by atoms with E-state index in [0.29, 0.717) is 18.7 Å². The van der Waals surface area contributed by atoms with Gasteiger partial charge in [-0.3, -0.25) is 4.90 Å². The van der Waals surface area contributed by atoms with Gasteiger partial charge < -0.3 is 10.5 Å². The molecule has 2 atom stereocenters. The SMILES string of the molecule is COCC(C)N(C)CC(N)c1ccc(C(F)(F)F)cc1. The molecule has 2 unspecified atom stereocenters. The third kappa shape index (κ3) is 4.77. The van der Waals surface area contributed by atoms with Crippen molar-refractivity contribution in [1.29, 1.82) is 0 Å². The smallest absolute Gasteiger partial charge is 0.383 e. The summed E-state index contributed by atoms with van der Waals surface area (Å²) in [6, 6.07) is 4.86. The summed E-state index contributed by atoms with van der Waals surface area (Å²) >= 11 is 0. The molecule has 1 aromatic carbocycles. The van der Waals surface area contributed by atoms with Gasteiger partial charge in [-0.2, -0.15) is 13.2 Å². The van der Waals surface area contributed by atoms with E-state index < -0.39 is 11.7 Å². The molecule has 0 saturated heterocycles. The average Bonchev–Trinajstić information content (AvgIpc) is 2.38. The molecule has 0 radical (unpaired) electrons. The Balaban J connectivity index is 2.66. The Morgan fingerprint density at radius 3 is 2.25 bits per heavy atom. The molecule has 114 valence electrons. The predicted octanol–water partition coefficient (Wildman–Crippen LogP) is 2.67. The highest BCUT2D eigenvalue weighted by Gasteiger charge is 2.30. The van der Waals surface area contributed by atoms with Crippen molar-refractivity contribution in [2.24, 2.45) is 5.73 Å². The van der Waals surface area contributed by atoms with Gasteiger partial charge in [-0.15, -0.1) is 0 Å². The number of rotatable bonds is 6. The van der Waals surface area contributed by atoms with E-state index in [9.17, 15) is 13.2 Å². The molecular formula is C14H21F3N2O. The van der Waals surface area contributed by atoms with E-state index in [1.165, 1.54) is 12.1 Å². The van der Waals surface area contributed by atoms with Crippen LogP contribution in [0.4, 0.5) is 13.2 Å². The molecule has 0 bridgehead atoms. The molecule has 20 heavy (non-hydrogen) atoms. The van der Waals surface area contributed by atoms with Crippen LogP contribution in [0.3, 0.4) is 0 Å². The summed E-state index contributed by atoms with van der Waals surface area (Å²) < 4.78 is 42.5. The first-order chi connectivity index (χ1) is 9.25. The molecule has 0 heterocycles. The zero-order chi connectivity index (χ0) is 15.3. The lowest BCUT2D eigenvalue weighted by atomic mass is 10.0. The van der Waals surface area contributed by atoms with E-state index in [1.807, 2.05) is 18.9 Å². The maximum absolute atomic E-state index is 12.5. The number of nitrogens with zero attached hydrogens (tertiary/aromatic N) is 1. The van der Waals surface area contributed by atoms with Crippen LogP contribution in [0.1, 0.15) is 24.1 Å². The number of likely N-dealkylation sites (N-methyl/N-ethyl adjacent to an activating group) is 1. The topological polar surface area (TPSA) is 38.5 Å². The first kappa shape index (κ1) is 16.9. The van der Waals surface area contributed by atoms with Crippen molar-refractivity contribution in [2.45, 2.75) is 25.2 Å². The van der Waals surface area contributed by atoms with Crippen molar-refractivity contribution < 1.29 is 17.9 Å². The Labute approximate surface area is 117 Å². The Kier molecular flexibility index (Phi) is 5.98. The van der Waals surface area contributed by atoms with Crippen molar-refractivity contribution >= 4 is 0 Å². The molecule has 6 heteroatoms. The molecule has 0 amide bonds. The maximum atomic E-state index is 12.5. The number of methoxy groups -OCH3 is 1. The minimum Gasteiger partial charge on any atom is -0.383 e. The Morgan fingerprint density at radius 1 is 1.25 bits per heavy atom. The number of benzene rings is 1. The van der Waals surface area contributed by atoms with E-state index in [2.05, 4.69) is 0 Å². The Morgan fingerprint density at radius 2 is 1.80 bits per heavy atom. The van der Waals surface area contributed by atoms with Gasteiger partial charge in [0, 0.05) is 25.7 Å². The Bertz CT molecular complexity index is 406. The third-order valence-corrected chi connectivity index (χ3v) is 3.31. The van der Waals surface area contributed by atoms with Crippen LogP contribution >= 0.6 is 0 Å². The van der Waals surface area contributed by atoms with Gasteiger partial charge in [-0.25, -0.2) is 0 Å². The highest BCUT2D eigenvalue weighted by molar-refractivity contribution is 5.26. The van der Waals surface area contributed by atoms with Crippen LogP contribution in [0, 0.1) is 0 Å². The van der Waals surface area contributed by atoms with Crippen molar-refractivity contribution in [3.05, 3.63) is 35.4 Å². The lowest BCUT2D eigenvalue weighted by Crippen LogP contribution is -2.37. The maximum Gasteiger partial charge on any atom is 0.416 e. The molecule has 1 rings (SSSR count). The highest BCUT2D eigenvalue weighted by Crippen LogP contribution is 2.29. The summed E-state index contributed by atoms with van der Waals surface area (Å²) in [5.74, 6) is 0. The summed E-state index contributed by atoms with van der Waals surface area (Å²) in [6.07, 6.45) is -4.31. The van der Waals surface area contributed by atoms with Crippen molar-refractivity contribution in [2.75, 3.05) is 27.3 Å². The molecular weight excluding hydrogens is 269 g/mol. The number of alkyl halides is 3. The van der Waals surface area contributed by atoms with Gasteiger partial charge in [0.2, 0.25) is 0 Å². The monoisotopic (exact) mass is 290 g/mol. The van der Waals surface area contributed by atoms with Crippen LogP contribution in [0.15, 0.2) is 24.3 Å². The van der Waals surface area contributed by atoms with Gasteiger partial charge in [0.15, 0.2) is 0 Å². The number of halogens is 3. The summed E-state index contributed by atoms with van der Waals surface area (Å²) in [5.41, 5.74) is 6.06. The third-order valence-electron chi connectivity index (χ3n) is 3.31. The molecule has 0 aliphatic rings. The molecule has 1 aromatic rings. The second-order valence-corrected chi connectivity index (χ2v) is 4.97. The first-order valence-corrected chi connectivity index (χ1v) is 6.37. The quantitative estimate of drug-likeness (QED) is 0.875. The number of nitrogens with two attached hydrogens (primary N) is 1. The van der Waals surface area contributed by atoms with Gasteiger partial charge in [0.05, 0.1) is 12.2 Å². The number of ether oxygens (including phenoxy) is 1. The lowest BCUT2D eigenvalue weighted by molar-refractivity contribution is -0.137. The van der Waals surface area contributed by atoms with Gasteiger partial charge in [-0.1, -0.05) is 12.1 Å². The second kappa shape index (κ2) is 7.06. The molecule has 0 saturated carbocycles. The van der Waals surface area contributed by atoms with Crippen LogP contribution in [-0.2, 0) is 10.9 Å². The Hall–Kier alpha value is -1.11. The van der Waals surface area contributed by atoms with E-state index in [0.717, 1.165) is 12.1 Å². The normalized spacial score (nSPS) is 15.4. The van der Waals surface area contributed by atoms with Crippen LogP contribution < -0.4 is 5.73 Å². The summed E-state index contributed by atoms with van der Waals surface area (Å²) in [5, 5.41) is 0. The zero-order valence-electron chi connectivity index (χ0n) is 11.9. The van der Waals surface area contributed by atoms with E-state index >= 15 is 0 Å². The zero-order valence-corrected chi connectivity index (χ0v) is 11.9. The van der Waals surface area contributed by atoms with E-state index in [-0.39, 0.29) is 12.1 Å². The number of hydrogen-bond acceptors (Lipinski definition) is 3. The molecule has 0 aromatic heterocycles. The molecule has 3 nitrogen and oxygen atoms in total. The largest absolute Gasteiger partial charge is 0.416 e. The molecule has 2 N–H and O–H groups in total. The molecule has 0 aliphatic carbocycles. The van der Waals surface area contributed by atoms with Crippen molar-refractivity contribution in [1.82, 2.24) is 4.90 Å². The highest BCUT2D eigenvalue weighted by atomic mass is 19.4. The molecule has 0 fully saturated rings. The summed E-state index contributed by atoms with van der Waals surface area (Å²) in [6.45, 7) is 3.13. The number of hydrogen-bond donors (Lipinski definition) is 1. The average molecular weight is 290 g/mol. The fraction of sp³-hybridized carbons (Fsp3) is 0.571. The molecule has 0 spiro atoms. The standard InChI is InChI=1S/C14H21F3N2O/c1-10(9-20-3)19(2)8-13(18)11-4-6-12(7-5-11)14(15,16)17/h4-7,10,13H,8-9,18H2,1-3H3. The van der Waals surface area contributed by atoms with Gasteiger partial charge >= 0.3 is 6.18 Å². The van der Waals surface area contributed by atoms with E-state index in [1.54, 1.807) is 7.11 Å². The van der Waals surface area contributed by atoms with Gasteiger partial charge in [0.25, 0.3) is 0 Å². The minimum absolute atomic E-state index is 0.195. The first-order valence-electron chi connectivity index (χ1n) is 6.37. The van der Waals surface area contributed by atoms with Crippen LogP contribution in [0.2, 0.25) is 0 Å². The summed E-state index contributed by atoms with van der Waals surface area (Å²) in [4.78, 5) is 2.02. The lowest BCUT2D eigenvalue weighted by Gasteiger charge is -2.27. The fourth-order valence-electron chi connectivity index (χ4n) is 1.88. The van der Waals surface area contributed by atoms with Crippen LogP contribution in [0.5, 0.6) is 0 Å².